The summed E-state index contributed by atoms with van der Waals surface area (Å²) in [7, 11) is 0. The van der Waals surface area contributed by atoms with Crippen LogP contribution < -0.4 is 5.56 Å². The third-order valence-corrected chi connectivity index (χ3v) is 5.65. The van der Waals surface area contributed by atoms with Crippen molar-refractivity contribution in [2.75, 3.05) is 12.3 Å². The summed E-state index contributed by atoms with van der Waals surface area (Å²) < 4.78 is 6.88. The molecule has 2 aromatic rings. The first-order valence-corrected chi connectivity index (χ1v) is 9.26. The van der Waals surface area contributed by atoms with Crippen LogP contribution in [0.5, 0.6) is 0 Å². The Balaban J connectivity index is 1.51. The van der Waals surface area contributed by atoms with Gasteiger partial charge in [0.15, 0.2) is 5.76 Å². The van der Waals surface area contributed by atoms with Gasteiger partial charge < -0.3 is 4.52 Å². The zero-order chi connectivity index (χ0) is 15.6. The van der Waals surface area contributed by atoms with Gasteiger partial charge in [0, 0.05) is 30.3 Å². The summed E-state index contributed by atoms with van der Waals surface area (Å²) in [5.41, 5.74) is 2.24. The fourth-order valence-corrected chi connectivity index (χ4v) is 4.37. The van der Waals surface area contributed by atoms with Crippen molar-refractivity contribution in [3.05, 3.63) is 45.7 Å². The Labute approximate surface area is 138 Å². The number of fused-ring (bicyclic) bond motifs is 1. The fraction of sp³-hybridized carbons (Fsp3) is 0.562. The van der Waals surface area contributed by atoms with Crippen molar-refractivity contribution in [3.8, 4) is 0 Å². The molecule has 2 aliphatic heterocycles. The number of likely N-dealkylation sites (tertiary alicyclic amines) is 1. The number of hydrogen-bond donors (Lipinski definition) is 0. The lowest BCUT2D eigenvalue weighted by atomic mass is 10.2. The minimum absolute atomic E-state index is 0.0257. The van der Waals surface area contributed by atoms with E-state index in [0.29, 0.717) is 12.6 Å². The second-order valence-electron chi connectivity index (χ2n) is 6.18. The lowest BCUT2D eigenvalue weighted by molar-refractivity contribution is 0.193. The highest BCUT2D eigenvalue weighted by molar-refractivity contribution is 7.98. The average Bonchev–Trinajstić information content (AvgIpc) is 3.21. The quantitative estimate of drug-likeness (QED) is 0.849. The van der Waals surface area contributed by atoms with Crippen LogP contribution in [0.2, 0.25) is 0 Å². The largest absolute Gasteiger partial charge is 0.360 e. The SMILES string of the molecule is O=c1cc2c(nn1CC1CCCN1Cc1ccno1)CCSC2. The van der Waals surface area contributed by atoms with Crippen molar-refractivity contribution < 1.29 is 4.52 Å². The third kappa shape index (κ3) is 3.21. The Morgan fingerprint density at radius 3 is 3.26 bits per heavy atom. The molecule has 0 radical (unpaired) electrons. The predicted octanol–water partition coefficient (Wildman–Crippen LogP) is 1.69. The van der Waals surface area contributed by atoms with Gasteiger partial charge in [-0.05, 0) is 30.7 Å². The van der Waals surface area contributed by atoms with Gasteiger partial charge in [0.05, 0.1) is 25.0 Å². The summed E-state index contributed by atoms with van der Waals surface area (Å²) in [5.74, 6) is 2.89. The summed E-state index contributed by atoms with van der Waals surface area (Å²) in [4.78, 5) is 14.7. The minimum atomic E-state index is 0.0257. The van der Waals surface area contributed by atoms with Crippen LogP contribution in [-0.2, 0) is 25.3 Å². The lowest BCUT2D eigenvalue weighted by Gasteiger charge is -2.24. The third-order valence-electron chi connectivity index (χ3n) is 4.64. The molecule has 23 heavy (non-hydrogen) atoms. The van der Waals surface area contributed by atoms with Gasteiger partial charge in [-0.15, -0.1) is 0 Å². The van der Waals surface area contributed by atoms with Crippen molar-refractivity contribution in [3.63, 3.8) is 0 Å². The molecular weight excluding hydrogens is 312 g/mol. The Kier molecular flexibility index (Phi) is 4.22. The lowest BCUT2D eigenvalue weighted by Crippen LogP contribution is -2.37. The van der Waals surface area contributed by atoms with Gasteiger partial charge >= 0.3 is 0 Å². The highest BCUT2D eigenvalue weighted by Crippen LogP contribution is 2.23. The first kappa shape index (κ1) is 15.0. The number of aromatic nitrogens is 3. The Morgan fingerprint density at radius 2 is 2.39 bits per heavy atom. The fourth-order valence-electron chi connectivity index (χ4n) is 3.42. The molecule has 0 saturated carbocycles. The van der Waals surface area contributed by atoms with Crippen LogP contribution in [0.1, 0.15) is 29.9 Å². The molecule has 0 N–H and O–H groups in total. The highest BCUT2D eigenvalue weighted by Gasteiger charge is 2.27. The van der Waals surface area contributed by atoms with E-state index < -0.39 is 0 Å². The molecule has 0 aromatic carbocycles. The Bertz CT molecular complexity index is 728. The van der Waals surface area contributed by atoms with Gasteiger partial charge in [-0.2, -0.15) is 16.9 Å². The molecule has 1 saturated heterocycles. The predicted molar refractivity (Wildman–Crippen MR) is 88.3 cm³/mol. The monoisotopic (exact) mass is 332 g/mol. The first-order valence-electron chi connectivity index (χ1n) is 8.11. The van der Waals surface area contributed by atoms with E-state index >= 15 is 0 Å². The summed E-state index contributed by atoms with van der Waals surface area (Å²) in [6.45, 7) is 2.44. The van der Waals surface area contributed by atoms with Crippen LogP contribution in [0.4, 0.5) is 0 Å². The maximum atomic E-state index is 12.3. The molecule has 0 aliphatic carbocycles. The van der Waals surface area contributed by atoms with Gasteiger partial charge in [0.2, 0.25) is 0 Å². The molecule has 2 aromatic heterocycles. The van der Waals surface area contributed by atoms with Crippen LogP contribution in [0.3, 0.4) is 0 Å². The molecule has 4 rings (SSSR count). The molecule has 1 fully saturated rings. The van der Waals surface area contributed by atoms with Crippen molar-refractivity contribution in [1.82, 2.24) is 19.8 Å². The van der Waals surface area contributed by atoms with Crippen LogP contribution in [0.15, 0.2) is 27.6 Å². The average molecular weight is 332 g/mol. The van der Waals surface area contributed by atoms with Crippen LogP contribution in [0, 0.1) is 0 Å². The first-order chi connectivity index (χ1) is 11.3. The van der Waals surface area contributed by atoms with E-state index in [1.807, 2.05) is 17.8 Å². The number of hydrogen-bond acceptors (Lipinski definition) is 6. The number of thioether (sulfide) groups is 1. The van der Waals surface area contributed by atoms with Crippen molar-refractivity contribution in [2.45, 2.75) is 44.1 Å². The molecule has 6 nitrogen and oxygen atoms in total. The maximum Gasteiger partial charge on any atom is 0.267 e. The van der Waals surface area contributed by atoms with Crippen molar-refractivity contribution in [2.24, 2.45) is 0 Å². The topological polar surface area (TPSA) is 64.2 Å². The van der Waals surface area contributed by atoms with Crippen molar-refractivity contribution >= 4 is 11.8 Å². The molecule has 2 aliphatic rings. The van der Waals surface area contributed by atoms with E-state index in [1.165, 1.54) is 0 Å². The van der Waals surface area contributed by atoms with Crippen molar-refractivity contribution in [1.29, 1.82) is 0 Å². The molecule has 4 heterocycles. The summed E-state index contributed by atoms with van der Waals surface area (Å²) in [6, 6.07) is 4.02. The zero-order valence-corrected chi connectivity index (χ0v) is 13.8. The smallest absolute Gasteiger partial charge is 0.267 e. The molecule has 0 spiro atoms. The standard InChI is InChI=1S/C16H20N4O2S/c21-16-8-12-11-23-7-4-15(12)18-20(16)9-13-2-1-6-19(13)10-14-3-5-17-22-14/h3,5,8,13H,1-2,4,6-7,9-11H2. The molecular formula is C16H20N4O2S. The Morgan fingerprint density at radius 1 is 1.43 bits per heavy atom. The van der Waals surface area contributed by atoms with Crippen LogP contribution >= 0.6 is 11.8 Å². The molecule has 1 unspecified atom stereocenters. The molecule has 122 valence electrons. The second kappa shape index (κ2) is 6.49. The summed E-state index contributed by atoms with van der Waals surface area (Å²) in [6.07, 6.45) is 4.88. The molecule has 7 heteroatoms. The molecule has 0 amide bonds. The van der Waals surface area contributed by atoms with Crippen LogP contribution in [0.25, 0.3) is 0 Å². The van der Waals surface area contributed by atoms with Gasteiger partial charge in [0.1, 0.15) is 0 Å². The molecule has 0 bridgehead atoms. The van der Waals surface area contributed by atoms with E-state index in [4.69, 9.17) is 4.52 Å². The highest BCUT2D eigenvalue weighted by atomic mass is 32.2. The second-order valence-corrected chi connectivity index (χ2v) is 7.29. The Hall–Kier alpha value is -1.60. The molecule has 1 atom stereocenters. The van der Waals surface area contributed by atoms with E-state index in [0.717, 1.165) is 60.9 Å². The normalized spacial score (nSPS) is 21.5. The van der Waals surface area contributed by atoms with Crippen LogP contribution in [-0.4, -0.2) is 38.2 Å². The number of aryl methyl sites for hydroxylation is 1. The van der Waals surface area contributed by atoms with Gasteiger partial charge in [-0.3, -0.25) is 9.69 Å². The van der Waals surface area contributed by atoms with E-state index in [2.05, 4.69) is 15.2 Å². The van der Waals surface area contributed by atoms with E-state index in [1.54, 1.807) is 16.9 Å². The minimum Gasteiger partial charge on any atom is -0.360 e. The van der Waals surface area contributed by atoms with Gasteiger partial charge in [-0.1, -0.05) is 5.16 Å². The maximum absolute atomic E-state index is 12.3. The summed E-state index contributed by atoms with van der Waals surface area (Å²) in [5, 5.41) is 8.40. The van der Waals surface area contributed by atoms with Gasteiger partial charge in [-0.25, -0.2) is 4.68 Å². The van der Waals surface area contributed by atoms with E-state index in [9.17, 15) is 4.79 Å². The van der Waals surface area contributed by atoms with Gasteiger partial charge in [0.25, 0.3) is 5.56 Å². The number of rotatable bonds is 4. The number of nitrogens with zero attached hydrogens (tertiary/aromatic N) is 4. The summed E-state index contributed by atoms with van der Waals surface area (Å²) >= 11 is 1.87. The zero-order valence-electron chi connectivity index (χ0n) is 13.0. The van der Waals surface area contributed by atoms with E-state index in [-0.39, 0.29) is 5.56 Å².